The highest BCUT2D eigenvalue weighted by molar-refractivity contribution is 5.65. The molecule has 68 valence electrons. The SMILES string of the molecule is CC(=O)OOC(C)(C)C.OO. The lowest BCUT2D eigenvalue weighted by molar-refractivity contribution is -0.318. The molecule has 0 aromatic carbocycles. The molecule has 0 rings (SSSR count). The highest BCUT2D eigenvalue weighted by Gasteiger charge is 2.12. The van der Waals surface area contributed by atoms with Gasteiger partial charge in [-0.1, -0.05) is 0 Å². The van der Waals surface area contributed by atoms with Crippen molar-refractivity contribution in [2.24, 2.45) is 0 Å². The Morgan fingerprint density at radius 3 is 1.73 bits per heavy atom. The molecule has 0 aromatic heterocycles. The molecule has 2 N–H and O–H groups in total. The van der Waals surface area contributed by atoms with E-state index in [0.29, 0.717) is 0 Å². The average Bonchev–Trinajstić information content (AvgIpc) is 1.87. The maximum absolute atomic E-state index is 10.1. The number of rotatable bonds is 1. The first-order valence-electron chi connectivity index (χ1n) is 2.98. The first-order chi connectivity index (χ1) is 4.92. The van der Waals surface area contributed by atoms with Crippen LogP contribution in [0.15, 0.2) is 0 Å². The molecule has 0 radical (unpaired) electrons. The van der Waals surface area contributed by atoms with Crippen molar-refractivity contribution in [1.82, 2.24) is 0 Å². The molecule has 0 spiro atoms. The maximum Gasteiger partial charge on any atom is 0.339 e. The normalized spacial score (nSPS) is 9.64. The zero-order valence-corrected chi connectivity index (χ0v) is 7.12. The van der Waals surface area contributed by atoms with Crippen molar-refractivity contribution in [3.63, 3.8) is 0 Å². The number of hydrogen-bond acceptors (Lipinski definition) is 5. The third-order valence-electron chi connectivity index (χ3n) is 0.409. The zero-order valence-electron chi connectivity index (χ0n) is 7.12. The van der Waals surface area contributed by atoms with E-state index in [0.717, 1.165) is 0 Å². The molecular formula is C6H14O5. The van der Waals surface area contributed by atoms with Gasteiger partial charge in [-0.25, -0.2) is 4.79 Å². The molecule has 5 nitrogen and oxygen atoms in total. The minimum absolute atomic E-state index is 0.411. The second-order valence-electron chi connectivity index (χ2n) is 2.77. The molecule has 5 heteroatoms. The molecule has 0 fully saturated rings. The van der Waals surface area contributed by atoms with Crippen LogP contribution in [0.2, 0.25) is 0 Å². The van der Waals surface area contributed by atoms with E-state index in [9.17, 15) is 4.79 Å². The van der Waals surface area contributed by atoms with Crippen molar-refractivity contribution >= 4 is 5.97 Å². The highest BCUT2D eigenvalue weighted by atomic mass is 17.2. The first-order valence-corrected chi connectivity index (χ1v) is 2.98. The second-order valence-corrected chi connectivity index (χ2v) is 2.77. The number of carbonyl (C=O) groups excluding carboxylic acids is 1. The Labute approximate surface area is 65.4 Å². The summed E-state index contributed by atoms with van der Waals surface area (Å²) in [6.45, 7) is 6.70. The molecule has 0 aliphatic carbocycles. The summed E-state index contributed by atoms with van der Waals surface area (Å²) in [4.78, 5) is 19.1. The zero-order chi connectivity index (χ0) is 9.49. The van der Waals surface area contributed by atoms with E-state index < -0.39 is 11.6 Å². The quantitative estimate of drug-likeness (QED) is 0.453. The Bertz CT molecular complexity index is 104. The predicted molar refractivity (Wildman–Crippen MR) is 37.9 cm³/mol. The lowest BCUT2D eigenvalue weighted by Gasteiger charge is -2.15. The van der Waals surface area contributed by atoms with Gasteiger partial charge in [-0.2, -0.15) is 4.89 Å². The van der Waals surface area contributed by atoms with Crippen LogP contribution in [0.5, 0.6) is 0 Å². The van der Waals surface area contributed by atoms with Crippen LogP contribution in [0.1, 0.15) is 27.7 Å². The summed E-state index contributed by atoms with van der Waals surface area (Å²) in [5.74, 6) is -0.426. The van der Waals surface area contributed by atoms with Gasteiger partial charge in [0.05, 0.1) is 0 Å². The van der Waals surface area contributed by atoms with Crippen LogP contribution in [0.4, 0.5) is 0 Å². The summed E-state index contributed by atoms with van der Waals surface area (Å²) in [5, 5.41) is 12.0. The summed E-state index contributed by atoms with van der Waals surface area (Å²) in [6, 6.07) is 0. The average molecular weight is 166 g/mol. The predicted octanol–water partition coefficient (Wildman–Crippen LogP) is 1.30. The monoisotopic (exact) mass is 166 g/mol. The molecule has 0 aliphatic rings. The van der Waals surface area contributed by atoms with Crippen LogP contribution in [0.3, 0.4) is 0 Å². The fourth-order valence-corrected chi connectivity index (χ4v) is 0.184. The molecule has 0 bridgehead atoms. The maximum atomic E-state index is 10.1. The molecule has 0 amide bonds. The van der Waals surface area contributed by atoms with Gasteiger partial charge in [0, 0.05) is 6.92 Å². The van der Waals surface area contributed by atoms with Crippen LogP contribution in [-0.4, -0.2) is 22.1 Å². The fourth-order valence-electron chi connectivity index (χ4n) is 0.184. The van der Waals surface area contributed by atoms with Gasteiger partial charge in [0.1, 0.15) is 5.60 Å². The van der Waals surface area contributed by atoms with Crippen molar-refractivity contribution in [2.45, 2.75) is 33.3 Å². The fraction of sp³-hybridized carbons (Fsp3) is 0.833. The van der Waals surface area contributed by atoms with E-state index in [2.05, 4.69) is 9.78 Å². The van der Waals surface area contributed by atoms with Gasteiger partial charge in [0.2, 0.25) is 0 Å². The Balaban J connectivity index is 0. The van der Waals surface area contributed by atoms with E-state index in [1.54, 1.807) is 20.8 Å². The van der Waals surface area contributed by atoms with Gasteiger partial charge < -0.3 is 0 Å². The van der Waals surface area contributed by atoms with Crippen LogP contribution in [0.25, 0.3) is 0 Å². The Hall–Kier alpha value is -0.650. The minimum atomic E-state index is -0.426. The molecule has 0 aliphatic heterocycles. The third kappa shape index (κ3) is 17.6. The van der Waals surface area contributed by atoms with Crippen molar-refractivity contribution < 1.29 is 25.1 Å². The Morgan fingerprint density at radius 2 is 1.64 bits per heavy atom. The molecule has 11 heavy (non-hydrogen) atoms. The lowest BCUT2D eigenvalue weighted by Crippen LogP contribution is -2.20. The minimum Gasteiger partial charge on any atom is -0.298 e. The van der Waals surface area contributed by atoms with Crippen LogP contribution in [0, 0.1) is 0 Å². The lowest BCUT2D eigenvalue weighted by atomic mass is 10.2. The van der Waals surface area contributed by atoms with E-state index in [1.807, 2.05) is 0 Å². The van der Waals surface area contributed by atoms with Gasteiger partial charge in [-0.3, -0.25) is 15.4 Å². The van der Waals surface area contributed by atoms with Gasteiger partial charge in [-0.15, -0.1) is 0 Å². The van der Waals surface area contributed by atoms with E-state index in [-0.39, 0.29) is 0 Å². The largest absolute Gasteiger partial charge is 0.339 e. The Morgan fingerprint density at radius 1 is 1.27 bits per heavy atom. The topological polar surface area (TPSA) is 76.0 Å². The third-order valence-corrected chi connectivity index (χ3v) is 0.409. The summed E-state index contributed by atoms with van der Waals surface area (Å²) < 4.78 is 0. The van der Waals surface area contributed by atoms with Gasteiger partial charge in [-0.05, 0) is 20.8 Å². The van der Waals surface area contributed by atoms with Crippen LogP contribution < -0.4 is 0 Å². The summed E-state index contributed by atoms with van der Waals surface area (Å²) in [6.07, 6.45) is 0. The van der Waals surface area contributed by atoms with E-state index >= 15 is 0 Å². The van der Waals surface area contributed by atoms with Crippen molar-refractivity contribution in [3.8, 4) is 0 Å². The Kier molecular flexibility index (Phi) is 7.18. The second kappa shape index (κ2) is 6.09. The molecule has 0 unspecified atom stereocenters. The van der Waals surface area contributed by atoms with Crippen molar-refractivity contribution in [1.29, 1.82) is 0 Å². The molecule has 0 saturated carbocycles. The van der Waals surface area contributed by atoms with Crippen LogP contribution >= 0.6 is 0 Å². The summed E-state index contributed by atoms with van der Waals surface area (Å²) in [5.41, 5.74) is -0.411. The number of hydrogen-bond donors (Lipinski definition) is 2. The van der Waals surface area contributed by atoms with Crippen molar-refractivity contribution in [2.75, 3.05) is 0 Å². The molecule has 0 aromatic rings. The summed E-state index contributed by atoms with van der Waals surface area (Å²) in [7, 11) is 0. The van der Waals surface area contributed by atoms with Gasteiger partial charge >= 0.3 is 5.97 Å². The van der Waals surface area contributed by atoms with Crippen molar-refractivity contribution in [3.05, 3.63) is 0 Å². The molecule has 0 heterocycles. The highest BCUT2D eigenvalue weighted by Crippen LogP contribution is 2.06. The molecular weight excluding hydrogens is 152 g/mol. The molecule has 0 atom stereocenters. The molecule has 0 saturated heterocycles. The van der Waals surface area contributed by atoms with Gasteiger partial charge in [0.25, 0.3) is 0 Å². The van der Waals surface area contributed by atoms with E-state index in [1.165, 1.54) is 6.92 Å². The smallest absolute Gasteiger partial charge is 0.298 e. The number of carbonyl (C=O) groups is 1. The standard InChI is InChI=1S/C6H12O3.H2O2/c1-5(7)8-9-6(2,3)4;1-2/h1-4H3;1-2H. The van der Waals surface area contributed by atoms with E-state index in [4.69, 9.17) is 10.5 Å². The first kappa shape index (κ1) is 13.0. The summed E-state index contributed by atoms with van der Waals surface area (Å²) >= 11 is 0. The van der Waals surface area contributed by atoms with Crippen LogP contribution in [-0.2, 0) is 14.6 Å². The van der Waals surface area contributed by atoms with Gasteiger partial charge in [0.15, 0.2) is 0 Å².